The average Bonchev–Trinajstić information content (AvgIpc) is 3.65. The van der Waals surface area contributed by atoms with Crippen molar-refractivity contribution in [3.8, 4) is 33.9 Å². The van der Waals surface area contributed by atoms with E-state index in [0.29, 0.717) is 4.70 Å². The van der Waals surface area contributed by atoms with Crippen molar-refractivity contribution in [1.82, 2.24) is 14.1 Å². The average molecular weight is 527 g/mol. The van der Waals surface area contributed by atoms with Gasteiger partial charge in [-0.1, -0.05) is 48.5 Å². The zero-order valence-corrected chi connectivity index (χ0v) is 21.7. The molecule has 6 nitrogen and oxygen atoms in total. The lowest BCUT2D eigenvalue weighted by molar-refractivity contribution is -1.01. The number of fused-ring (bicyclic) bond motifs is 8. The Kier molecular flexibility index (Phi) is 3.26. The predicted octanol–water partition coefficient (Wildman–Crippen LogP) is 7.00. The van der Waals surface area contributed by atoms with Crippen molar-refractivity contribution >= 4 is 49.9 Å². The lowest BCUT2D eigenvalue weighted by atomic mass is 10.0. The van der Waals surface area contributed by atoms with Gasteiger partial charge in [-0.05, 0) is 59.7 Å². The molecule has 0 radical (unpaired) electrons. The summed E-state index contributed by atoms with van der Waals surface area (Å²) in [6.45, 7) is 0. The van der Waals surface area contributed by atoms with Crippen LogP contribution in [0.15, 0.2) is 122 Å². The van der Waals surface area contributed by atoms with Crippen molar-refractivity contribution in [3.63, 3.8) is 0 Å². The molecule has 0 saturated heterocycles. The monoisotopic (exact) mass is 526 g/mol. The maximum atomic E-state index is 6.75. The third kappa shape index (κ3) is 2.06. The molecule has 41 heavy (non-hydrogen) atoms. The van der Waals surface area contributed by atoms with Gasteiger partial charge in [-0.15, -0.1) is 0 Å². The minimum Gasteiger partial charge on any atom is -0.444 e. The van der Waals surface area contributed by atoms with Crippen LogP contribution in [0.1, 0.15) is 0 Å². The first kappa shape index (κ1) is 20.3. The SMILES string of the molecule is c1ccc(-c2cc[n+]3c(c2)-c2cccc4c2[N+]32c3c(ccc5c6ncccc6n6c7ccccc7[n+]2c6c35)O4)cc1. The van der Waals surface area contributed by atoms with Gasteiger partial charge in [-0.3, -0.25) is 4.98 Å². The van der Waals surface area contributed by atoms with Gasteiger partial charge in [0.05, 0.1) is 0 Å². The first-order valence-electron chi connectivity index (χ1n) is 13.9. The van der Waals surface area contributed by atoms with Crippen LogP contribution in [-0.4, -0.2) is 9.38 Å². The van der Waals surface area contributed by atoms with Gasteiger partial charge in [0.25, 0.3) is 11.4 Å². The van der Waals surface area contributed by atoms with E-state index in [-0.39, 0.29) is 0 Å². The zero-order chi connectivity index (χ0) is 26.4. The first-order chi connectivity index (χ1) is 20.4. The van der Waals surface area contributed by atoms with Gasteiger partial charge in [0, 0.05) is 33.1 Å². The van der Waals surface area contributed by atoms with Gasteiger partial charge >= 0.3 is 11.3 Å². The van der Waals surface area contributed by atoms with Crippen LogP contribution in [0.3, 0.4) is 0 Å². The van der Waals surface area contributed by atoms with E-state index in [9.17, 15) is 0 Å². The lowest BCUT2D eigenvalue weighted by Gasteiger charge is -2.26. The van der Waals surface area contributed by atoms with Gasteiger partial charge < -0.3 is 4.74 Å². The number of hydrogen-bond acceptors (Lipinski definition) is 2. The fourth-order valence-corrected chi connectivity index (χ4v) is 7.71. The molecule has 8 aromatic rings. The van der Waals surface area contributed by atoms with Crippen molar-refractivity contribution in [3.05, 3.63) is 122 Å². The molecular formula is C35H20N5O+3. The fourth-order valence-electron chi connectivity index (χ4n) is 7.71. The first-order valence-corrected chi connectivity index (χ1v) is 13.9. The van der Waals surface area contributed by atoms with Crippen LogP contribution in [0.2, 0.25) is 0 Å². The molecule has 1 unspecified atom stereocenters. The molecule has 0 fully saturated rings. The molecule has 7 heterocycles. The Morgan fingerprint density at radius 2 is 1.56 bits per heavy atom. The highest BCUT2D eigenvalue weighted by Gasteiger charge is 2.71. The predicted molar refractivity (Wildman–Crippen MR) is 158 cm³/mol. The number of imidazole rings is 1. The summed E-state index contributed by atoms with van der Waals surface area (Å²) < 4.78 is 14.5. The standard InChI is InChI=1S/C35H20N5O/c1-2-8-21(9-3-1)22-17-19-37-28(20-22)23-10-6-14-29-33(23)40(37)34-30(41-29)16-15-24-31(34)35-38(27-13-7-18-36-32(24)27)25-11-4-5-12-26(25)39(35)40/h1-20H/q+3. The smallest absolute Gasteiger partial charge is 0.360 e. The second-order valence-electron chi connectivity index (χ2n) is 11.0. The Hall–Kier alpha value is -5.59. The van der Waals surface area contributed by atoms with E-state index in [1.807, 2.05) is 12.3 Å². The second kappa shape index (κ2) is 6.58. The number of benzene rings is 4. The van der Waals surface area contributed by atoms with E-state index in [4.69, 9.17) is 9.72 Å². The number of aromatic nitrogens is 4. The van der Waals surface area contributed by atoms with E-state index < -0.39 is 0 Å². The lowest BCUT2D eigenvalue weighted by Crippen LogP contribution is -2.81. The quantitative estimate of drug-likeness (QED) is 0.131. The van der Waals surface area contributed by atoms with E-state index in [1.54, 1.807) is 0 Å². The van der Waals surface area contributed by atoms with Gasteiger partial charge in [-0.25, -0.2) is 0 Å². The van der Waals surface area contributed by atoms with E-state index in [2.05, 4.69) is 123 Å². The largest absolute Gasteiger partial charge is 0.444 e. The number of quaternary nitrogens is 1. The summed E-state index contributed by atoms with van der Waals surface area (Å²) in [4.78, 5) is 4.92. The zero-order valence-electron chi connectivity index (χ0n) is 21.7. The number of hydrogen-bond donors (Lipinski definition) is 0. The van der Waals surface area contributed by atoms with Crippen LogP contribution in [0.4, 0.5) is 11.4 Å². The van der Waals surface area contributed by atoms with Crippen LogP contribution < -0.4 is 18.8 Å². The number of nitrogens with zero attached hydrogens (tertiary/aromatic N) is 5. The molecule has 4 aromatic heterocycles. The molecule has 0 N–H and O–H groups in total. The normalized spacial score (nSPS) is 17.1. The molecule has 1 spiro atoms. The molecule has 1 atom stereocenters. The molecule has 3 aliphatic heterocycles. The van der Waals surface area contributed by atoms with Crippen LogP contribution in [-0.2, 0) is 0 Å². The third-order valence-electron chi connectivity index (χ3n) is 9.17. The van der Waals surface area contributed by atoms with Gasteiger partial charge in [0.15, 0.2) is 27.9 Å². The molecule has 4 aromatic carbocycles. The van der Waals surface area contributed by atoms with Crippen LogP contribution in [0, 0.1) is 0 Å². The Morgan fingerprint density at radius 3 is 2.51 bits per heavy atom. The van der Waals surface area contributed by atoms with Crippen LogP contribution in [0.25, 0.3) is 60.9 Å². The summed E-state index contributed by atoms with van der Waals surface area (Å²) in [5, 5.41) is 2.32. The number of para-hydroxylation sites is 3. The Balaban J connectivity index is 1.42. The van der Waals surface area contributed by atoms with Gasteiger partial charge in [-0.2, -0.15) is 4.40 Å². The number of pyridine rings is 3. The van der Waals surface area contributed by atoms with Crippen LogP contribution >= 0.6 is 0 Å². The maximum Gasteiger partial charge on any atom is 0.360 e. The van der Waals surface area contributed by atoms with Crippen molar-refractivity contribution in [2.24, 2.45) is 0 Å². The van der Waals surface area contributed by atoms with E-state index >= 15 is 0 Å². The van der Waals surface area contributed by atoms with Crippen molar-refractivity contribution < 1.29 is 14.1 Å². The molecule has 0 amide bonds. The van der Waals surface area contributed by atoms with Crippen LogP contribution in [0.5, 0.6) is 11.5 Å². The molecule has 6 heteroatoms. The number of ether oxygens (including phenoxy) is 1. The Bertz CT molecular complexity index is 2520. The molecular weight excluding hydrogens is 506 g/mol. The summed E-state index contributed by atoms with van der Waals surface area (Å²) in [6, 6.07) is 38.9. The van der Waals surface area contributed by atoms with Gasteiger partial charge in [0.1, 0.15) is 15.8 Å². The molecule has 0 aliphatic carbocycles. The minimum atomic E-state index is 0.380. The molecule has 0 saturated carbocycles. The van der Waals surface area contributed by atoms with Crippen molar-refractivity contribution in [2.75, 3.05) is 0 Å². The minimum absolute atomic E-state index is 0.380. The topological polar surface area (TPSA) is 34.3 Å². The number of rotatable bonds is 1. The second-order valence-corrected chi connectivity index (χ2v) is 11.0. The van der Waals surface area contributed by atoms with Gasteiger partial charge in [0.2, 0.25) is 11.7 Å². The summed E-state index contributed by atoms with van der Waals surface area (Å²) in [5.41, 5.74) is 12.5. The molecule has 188 valence electrons. The van der Waals surface area contributed by atoms with E-state index in [1.165, 1.54) is 22.1 Å². The highest BCUT2D eigenvalue weighted by atomic mass is 16.5. The fraction of sp³-hybridized carbons (Fsp3) is 0. The van der Waals surface area contributed by atoms with Crippen molar-refractivity contribution in [1.29, 1.82) is 0 Å². The Morgan fingerprint density at radius 1 is 0.707 bits per heavy atom. The Labute approximate surface area is 233 Å². The van der Waals surface area contributed by atoms with E-state index in [0.717, 1.165) is 61.7 Å². The summed E-state index contributed by atoms with van der Waals surface area (Å²) in [5.74, 6) is 1.75. The third-order valence-corrected chi connectivity index (χ3v) is 9.17. The summed E-state index contributed by atoms with van der Waals surface area (Å²) in [6.07, 6.45) is 4.15. The van der Waals surface area contributed by atoms with Crippen molar-refractivity contribution in [2.45, 2.75) is 0 Å². The molecule has 3 aliphatic rings. The summed E-state index contributed by atoms with van der Waals surface area (Å²) in [7, 11) is 0. The molecule has 0 bridgehead atoms. The highest BCUT2D eigenvalue weighted by molar-refractivity contribution is 6.18. The summed E-state index contributed by atoms with van der Waals surface area (Å²) >= 11 is 0. The highest BCUT2D eigenvalue weighted by Crippen LogP contribution is 2.61. The molecule has 11 rings (SSSR count). The maximum absolute atomic E-state index is 6.75.